The maximum atomic E-state index is 13.0. The van der Waals surface area contributed by atoms with Crippen LogP contribution in [-0.2, 0) is 9.59 Å². The van der Waals surface area contributed by atoms with E-state index in [0.29, 0.717) is 38.3 Å². The number of piperazine rings is 1. The third-order valence-corrected chi connectivity index (χ3v) is 7.13. The Morgan fingerprint density at radius 3 is 2.42 bits per heavy atom. The maximum Gasteiger partial charge on any atom is 0.255 e. The topological polar surface area (TPSA) is 110 Å². The lowest BCUT2D eigenvalue weighted by atomic mass is 9.85. The summed E-state index contributed by atoms with van der Waals surface area (Å²) in [5, 5.41) is 12.5. The number of nitriles is 1. The van der Waals surface area contributed by atoms with Crippen LogP contribution in [0.2, 0.25) is 0 Å². The highest BCUT2D eigenvalue weighted by Gasteiger charge is 2.33. The van der Waals surface area contributed by atoms with Crippen molar-refractivity contribution in [1.29, 1.82) is 5.26 Å². The van der Waals surface area contributed by atoms with Crippen LogP contribution in [0, 0.1) is 17.2 Å². The van der Waals surface area contributed by atoms with Crippen molar-refractivity contribution in [3.63, 3.8) is 0 Å². The van der Waals surface area contributed by atoms with Crippen molar-refractivity contribution in [3.8, 4) is 6.07 Å². The molecule has 1 aliphatic carbocycles. The molecule has 2 saturated heterocycles. The molecule has 0 bridgehead atoms. The Labute approximate surface area is 194 Å². The Morgan fingerprint density at radius 2 is 1.76 bits per heavy atom. The van der Waals surface area contributed by atoms with Gasteiger partial charge in [0, 0.05) is 57.1 Å². The molecule has 1 aromatic rings. The molecule has 176 valence electrons. The van der Waals surface area contributed by atoms with E-state index in [1.54, 1.807) is 34.3 Å². The second-order valence-corrected chi connectivity index (χ2v) is 9.16. The van der Waals surface area contributed by atoms with Crippen molar-refractivity contribution in [3.05, 3.63) is 30.1 Å². The molecule has 0 radical (unpaired) electrons. The van der Waals surface area contributed by atoms with Crippen LogP contribution < -0.4 is 5.32 Å². The van der Waals surface area contributed by atoms with Crippen LogP contribution in [0.4, 0.5) is 0 Å². The Morgan fingerprint density at radius 1 is 1.03 bits per heavy atom. The van der Waals surface area contributed by atoms with Gasteiger partial charge >= 0.3 is 0 Å². The van der Waals surface area contributed by atoms with Gasteiger partial charge in [0.2, 0.25) is 11.8 Å². The number of pyridine rings is 1. The maximum absolute atomic E-state index is 13.0. The first kappa shape index (κ1) is 23.2. The highest BCUT2D eigenvalue weighted by molar-refractivity contribution is 5.94. The molecular formula is C24H32N6O3. The van der Waals surface area contributed by atoms with E-state index in [2.05, 4.69) is 16.4 Å². The van der Waals surface area contributed by atoms with Gasteiger partial charge in [-0.3, -0.25) is 19.4 Å². The van der Waals surface area contributed by atoms with Gasteiger partial charge in [0.15, 0.2) is 0 Å². The molecule has 1 N–H and O–H groups in total. The molecule has 1 atom stereocenters. The minimum Gasteiger partial charge on any atom is -0.339 e. The van der Waals surface area contributed by atoms with Crippen molar-refractivity contribution in [1.82, 2.24) is 25.0 Å². The summed E-state index contributed by atoms with van der Waals surface area (Å²) in [6, 6.07) is 5.67. The van der Waals surface area contributed by atoms with E-state index in [0.717, 1.165) is 38.5 Å². The van der Waals surface area contributed by atoms with Crippen LogP contribution in [0.15, 0.2) is 24.5 Å². The van der Waals surface area contributed by atoms with E-state index in [-0.39, 0.29) is 42.3 Å². The number of rotatable bonds is 5. The fourth-order valence-corrected chi connectivity index (χ4v) is 5.14. The van der Waals surface area contributed by atoms with E-state index in [1.807, 2.05) is 4.90 Å². The predicted octanol–water partition coefficient (Wildman–Crippen LogP) is 1.03. The van der Waals surface area contributed by atoms with E-state index >= 15 is 0 Å². The summed E-state index contributed by atoms with van der Waals surface area (Å²) in [6.45, 7) is 3.13. The molecule has 0 unspecified atom stereocenters. The lowest BCUT2D eigenvalue weighted by molar-refractivity contribution is -0.138. The number of carbonyl (C=O) groups excluding carboxylic acids is 3. The number of hydrogen-bond acceptors (Lipinski definition) is 6. The molecule has 33 heavy (non-hydrogen) atoms. The number of carbonyl (C=O) groups is 3. The van der Waals surface area contributed by atoms with Crippen molar-refractivity contribution in [2.45, 2.75) is 50.6 Å². The highest BCUT2D eigenvalue weighted by Crippen LogP contribution is 2.27. The fraction of sp³-hybridized carbons (Fsp3) is 0.625. The summed E-state index contributed by atoms with van der Waals surface area (Å²) < 4.78 is 0. The second kappa shape index (κ2) is 10.8. The molecular weight excluding hydrogens is 420 g/mol. The van der Waals surface area contributed by atoms with Crippen LogP contribution in [0.3, 0.4) is 0 Å². The quantitative estimate of drug-likeness (QED) is 0.715. The zero-order valence-corrected chi connectivity index (χ0v) is 19.0. The zero-order valence-electron chi connectivity index (χ0n) is 19.0. The summed E-state index contributed by atoms with van der Waals surface area (Å²) in [7, 11) is 0. The summed E-state index contributed by atoms with van der Waals surface area (Å²) in [4.78, 5) is 47.4. The van der Waals surface area contributed by atoms with Gasteiger partial charge < -0.3 is 20.0 Å². The van der Waals surface area contributed by atoms with Crippen LogP contribution >= 0.6 is 0 Å². The molecule has 0 spiro atoms. The van der Waals surface area contributed by atoms with Crippen molar-refractivity contribution in [2.24, 2.45) is 5.92 Å². The molecule has 3 heterocycles. The lowest BCUT2D eigenvalue weighted by Crippen LogP contribution is -2.52. The van der Waals surface area contributed by atoms with Crippen LogP contribution in [0.25, 0.3) is 0 Å². The van der Waals surface area contributed by atoms with Crippen molar-refractivity contribution in [2.75, 3.05) is 39.3 Å². The standard InChI is InChI=1S/C24H32N6O3/c25-15-21-4-2-10-30(21)22(31)17-27-20-7-5-18(6-8-20)23(32)28-11-13-29(14-12-28)24(33)19-3-1-9-26-16-19/h1,3,9,16,18,20-21,27H,2,4-8,10-14,17H2/t18-,20-,21-/m0/s1. The summed E-state index contributed by atoms with van der Waals surface area (Å²) in [6.07, 6.45) is 8.23. The third kappa shape index (κ3) is 5.50. The normalized spacial score (nSPS) is 25.5. The van der Waals surface area contributed by atoms with E-state index < -0.39 is 0 Å². The molecule has 2 aliphatic heterocycles. The van der Waals surface area contributed by atoms with E-state index in [1.165, 1.54) is 0 Å². The Kier molecular flexibility index (Phi) is 7.55. The number of aromatic nitrogens is 1. The smallest absolute Gasteiger partial charge is 0.255 e. The van der Waals surface area contributed by atoms with Gasteiger partial charge in [-0.15, -0.1) is 0 Å². The largest absolute Gasteiger partial charge is 0.339 e. The second-order valence-electron chi connectivity index (χ2n) is 9.16. The first-order chi connectivity index (χ1) is 16.1. The lowest BCUT2D eigenvalue weighted by Gasteiger charge is -2.38. The molecule has 3 aliphatic rings. The summed E-state index contributed by atoms with van der Waals surface area (Å²) in [5.74, 6) is 0.162. The molecule has 9 heteroatoms. The Hall–Kier alpha value is -2.99. The molecule has 0 aromatic carbocycles. The summed E-state index contributed by atoms with van der Waals surface area (Å²) in [5.41, 5.74) is 0.578. The summed E-state index contributed by atoms with van der Waals surface area (Å²) >= 11 is 0. The number of likely N-dealkylation sites (tertiary alicyclic amines) is 1. The molecule has 3 fully saturated rings. The van der Waals surface area contributed by atoms with Gasteiger partial charge in [0.25, 0.3) is 5.91 Å². The van der Waals surface area contributed by atoms with Gasteiger partial charge in [-0.05, 0) is 50.7 Å². The number of amides is 3. The minimum absolute atomic E-state index is 0.00375. The SMILES string of the molecule is N#C[C@@H]1CCCN1C(=O)CN[C@H]1CC[C@H](C(=O)N2CCN(C(=O)c3cccnc3)CC2)CC1. The molecule has 9 nitrogen and oxygen atoms in total. The van der Waals surface area contributed by atoms with Crippen molar-refractivity contribution >= 4 is 17.7 Å². The van der Waals surface area contributed by atoms with E-state index in [9.17, 15) is 14.4 Å². The van der Waals surface area contributed by atoms with Gasteiger partial charge in [-0.2, -0.15) is 5.26 Å². The van der Waals surface area contributed by atoms with Crippen molar-refractivity contribution < 1.29 is 14.4 Å². The Bertz CT molecular complexity index is 885. The fourth-order valence-electron chi connectivity index (χ4n) is 5.14. The molecule has 1 aromatic heterocycles. The number of nitrogens with zero attached hydrogens (tertiary/aromatic N) is 5. The van der Waals surface area contributed by atoms with Crippen LogP contribution in [-0.4, -0.2) is 88.8 Å². The van der Waals surface area contributed by atoms with Crippen LogP contribution in [0.1, 0.15) is 48.9 Å². The predicted molar refractivity (Wildman–Crippen MR) is 121 cm³/mol. The van der Waals surface area contributed by atoms with Gasteiger partial charge in [-0.1, -0.05) is 0 Å². The van der Waals surface area contributed by atoms with Gasteiger partial charge in [-0.25, -0.2) is 0 Å². The molecule has 1 saturated carbocycles. The average Bonchev–Trinajstić information content (AvgIpc) is 3.36. The number of hydrogen-bond donors (Lipinski definition) is 1. The first-order valence-corrected chi connectivity index (χ1v) is 12.0. The monoisotopic (exact) mass is 452 g/mol. The first-order valence-electron chi connectivity index (χ1n) is 12.0. The van der Waals surface area contributed by atoms with Gasteiger partial charge in [0.1, 0.15) is 6.04 Å². The highest BCUT2D eigenvalue weighted by atomic mass is 16.2. The molecule has 3 amide bonds. The van der Waals surface area contributed by atoms with Gasteiger partial charge in [0.05, 0.1) is 18.2 Å². The zero-order chi connectivity index (χ0) is 23.2. The third-order valence-electron chi connectivity index (χ3n) is 7.13. The number of nitrogens with one attached hydrogen (secondary N) is 1. The average molecular weight is 453 g/mol. The Balaban J connectivity index is 1.17. The molecule has 4 rings (SSSR count). The minimum atomic E-state index is -0.284. The van der Waals surface area contributed by atoms with Crippen LogP contribution in [0.5, 0.6) is 0 Å². The van der Waals surface area contributed by atoms with E-state index in [4.69, 9.17) is 5.26 Å².